The number of methoxy groups -OCH3 is 1. The molecule has 0 aromatic heterocycles. The van der Waals surface area contributed by atoms with Crippen LogP contribution in [0.3, 0.4) is 0 Å². The van der Waals surface area contributed by atoms with Gasteiger partial charge in [-0.1, -0.05) is 30.3 Å². The van der Waals surface area contributed by atoms with E-state index >= 15 is 0 Å². The Morgan fingerprint density at radius 3 is 2.30 bits per heavy atom. The third kappa shape index (κ3) is 4.42. The first-order valence-corrected chi connectivity index (χ1v) is 9.06. The topological polar surface area (TPSA) is 99.4 Å². The third-order valence-corrected chi connectivity index (χ3v) is 5.14. The lowest BCUT2D eigenvalue weighted by Gasteiger charge is -2.39. The highest BCUT2D eigenvalue weighted by Gasteiger charge is 2.43. The molecule has 0 heterocycles. The number of aliphatic hydroxyl groups is 4. The molecule has 1 fully saturated rings. The van der Waals surface area contributed by atoms with Crippen molar-refractivity contribution in [1.29, 1.82) is 0 Å². The van der Waals surface area contributed by atoms with E-state index in [1.165, 1.54) is 0 Å². The Balaban J connectivity index is 1.77. The minimum absolute atomic E-state index is 0.257. The second kappa shape index (κ2) is 8.71. The quantitative estimate of drug-likeness (QED) is 0.605. The Hall–Kier alpha value is -2.12. The molecule has 0 aliphatic heterocycles. The predicted octanol–water partition coefficient (Wildman–Crippen LogP) is 1.13. The molecule has 4 N–H and O–H groups in total. The van der Waals surface area contributed by atoms with Gasteiger partial charge in [-0.25, -0.2) is 0 Å². The monoisotopic (exact) mass is 374 g/mol. The molecule has 6 nitrogen and oxygen atoms in total. The normalized spacial score (nSPS) is 28.0. The first-order chi connectivity index (χ1) is 13.0. The lowest BCUT2D eigenvalue weighted by Crippen LogP contribution is -2.56. The molecule has 1 saturated carbocycles. The molecular weight excluding hydrogens is 348 g/mol. The van der Waals surface area contributed by atoms with E-state index in [4.69, 9.17) is 9.47 Å². The van der Waals surface area contributed by atoms with Crippen LogP contribution in [0, 0.1) is 5.92 Å². The first-order valence-electron chi connectivity index (χ1n) is 9.06. The zero-order valence-corrected chi connectivity index (χ0v) is 15.2. The summed E-state index contributed by atoms with van der Waals surface area (Å²) in [4.78, 5) is 0. The fourth-order valence-electron chi connectivity index (χ4n) is 3.47. The highest BCUT2D eigenvalue weighted by Crippen LogP contribution is 2.31. The highest BCUT2D eigenvalue weighted by atomic mass is 16.5. The molecule has 0 saturated heterocycles. The van der Waals surface area contributed by atoms with Crippen molar-refractivity contribution in [2.45, 2.75) is 37.3 Å². The minimum Gasteiger partial charge on any atom is -0.497 e. The number of rotatable bonds is 6. The van der Waals surface area contributed by atoms with Gasteiger partial charge in [0.15, 0.2) is 0 Å². The molecule has 2 aromatic rings. The molecule has 27 heavy (non-hydrogen) atoms. The van der Waals surface area contributed by atoms with Gasteiger partial charge in [0.2, 0.25) is 0 Å². The fourth-order valence-corrected chi connectivity index (χ4v) is 3.47. The number of benzene rings is 2. The average molecular weight is 374 g/mol. The van der Waals surface area contributed by atoms with Crippen LogP contribution < -0.4 is 9.47 Å². The number of hydrogen-bond donors (Lipinski definition) is 4. The van der Waals surface area contributed by atoms with Crippen LogP contribution in [0.5, 0.6) is 11.5 Å². The van der Waals surface area contributed by atoms with Crippen LogP contribution in [0.1, 0.15) is 17.5 Å². The Morgan fingerprint density at radius 2 is 1.63 bits per heavy atom. The summed E-state index contributed by atoms with van der Waals surface area (Å²) in [5.41, 5.74) is 2.02. The van der Waals surface area contributed by atoms with Crippen LogP contribution in [0.2, 0.25) is 0 Å². The lowest BCUT2D eigenvalue weighted by molar-refractivity contribution is -0.157. The van der Waals surface area contributed by atoms with Crippen LogP contribution in [-0.2, 0) is 6.42 Å². The Kier molecular flexibility index (Phi) is 6.34. The zero-order valence-electron chi connectivity index (χ0n) is 15.2. The molecule has 5 atom stereocenters. The van der Waals surface area contributed by atoms with Gasteiger partial charge < -0.3 is 29.9 Å². The molecule has 0 amide bonds. The van der Waals surface area contributed by atoms with Crippen molar-refractivity contribution in [2.75, 3.05) is 13.7 Å². The molecule has 1 unspecified atom stereocenters. The summed E-state index contributed by atoms with van der Waals surface area (Å²) in [7, 11) is 1.62. The van der Waals surface area contributed by atoms with Crippen LogP contribution in [0.4, 0.5) is 0 Å². The van der Waals surface area contributed by atoms with Crippen molar-refractivity contribution in [2.24, 2.45) is 5.92 Å². The Labute approximate surface area is 158 Å². The SMILES string of the molecule is COc1ccc(Cc2ccccc2O[C@@H]2CC(CO)[C@@H](O)[C@H](O)[C@H]2O)cc1. The van der Waals surface area contributed by atoms with Crippen LogP contribution in [0.15, 0.2) is 48.5 Å². The summed E-state index contributed by atoms with van der Waals surface area (Å²) in [5, 5.41) is 39.7. The van der Waals surface area contributed by atoms with Crippen LogP contribution in [0.25, 0.3) is 0 Å². The summed E-state index contributed by atoms with van der Waals surface area (Å²) in [6, 6.07) is 15.3. The molecule has 0 spiro atoms. The van der Waals surface area contributed by atoms with Crippen molar-refractivity contribution in [3.05, 3.63) is 59.7 Å². The fraction of sp³-hybridized carbons (Fsp3) is 0.429. The second-order valence-corrected chi connectivity index (χ2v) is 6.94. The third-order valence-electron chi connectivity index (χ3n) is 5.14. The van der Waals surface area contributed by atoms with Gasteiger partial charge in [0.05, 0.1) is 13.2 Å². The smallest absolute Gasteiger partial charge is 0.128 e. The second-order valence-electron chi connectivity index (χ2n) is 6.94. The van der Waals surface area contributed by atoms with Crippen molar-refractivity contribution < 1.29 is 29.9 Å². The molecule has 0 radical (unpaired) electrons. The molecule has 1 aliphatic carbocycles. The van der Waals surface area contributed by atoms with E-state index in [1.54, 1.807) is 7.11 Å². The van der Waals surface area contributed by atoms with Gasteiger partial charge in [0, 0.05) is 18.9 Å². The number of ether oxygens (including phenoxy) is 2. The summed E-state index contributed by atoms with van der Waals surface area (Å²) >= 11 is 0. The maximum Gasteiger partial charge on any atom is 0.128 e. The molecule has 6 heteroatoms. The summed E-state index contributed by atoms with van der Waals surface area (Å²) < 4.78 is 11.2. The van der Waals surface area contributed by atoms with Crippen molar-refractivity contribution in [1.82, 2.24) is 0 Å². The van der Waals surface area contributed by atoms with Crippen molar-refractivity contribution in [3.63, 3.8) is 0 Å². The average Bonchev–Trinajstić information content (AvgIpc) is 2.70. The standard InChI is InChI=1S/C21H26O6/c1-26-16-8-6-13(7-9-16)10-14-4-2-3-5-17(14)27-18-11-15(12-22)19(23)21(25)20(18)24/h2-9,15,18-25H,10-12H2,1H3/t15?,18-,19-,20+,21+/m1/s1. The maximum atomic E-state index is 10.3. The zero-order chi connectivity index (χ0) is 19.4. The van der Waals surface area contributed by atoms with E-state index in [9.17, 15) is 20.4 Å². The maximum absolute atomic E-state index is 10.3. The molecule has 0 bridgehead atoms. The van der Waals surface area contributed by atoms with Gasteiger partial charge in [-0.05, 0) is 35.7 Å². The molecule has 3 rings (SSSR count). The number of para-hydroxylation sites is 1. The van der Waals surface area contributed by atoms with Gasteiger partial charge in [-0.3, -0.25) is 0 Å². The van der Waals surface area contributed by atoms with Gasteiger partial charge in [0.1, 0.15) is 29.8 Å². The summed E-state index contributed by atoms with van der Waals surface area (Å²) in [5.74, 6) is 0.857. The highest BCUT2D eigenvalue weighted by molar-refractivity contribution is 5.39. The number of hydrogen-bond acceptors (Lipinski definition) is 6. The predicted molar refractivity (Wildman–Crippen MR) is 99.9 cm³/mol. The Bertz CT molecular complexity index is 730. The van der Waals surface area contributed by atoms with Crippen LogP contribution >= 0.6 is 0 Å². The van der Waals surface area contributed by atoms with E-state index < -0.39 is 30.3 Å². The van der Waals surface area contributed by atoms with Gasteiger partial charge in [-0.15, -0.1) is 0 Å². The van der Waals surface area contributed by atoms with Gasteiger partial charge >= 0.3 is 0 Å². The van der Waals surface area contributed by atoms with Crippen molar-refractivity contribution in [3.8, 4) is 11.5 Å². The molecule has 2 aromatic carbocycles. The first kappa shape index (κ1) is 19.6. The van der Waals surface area contributed by atoms with E-state index in [0.717, 1.165) is 16.9 Å². The summed E-state index contributed by atoms with van der Waals surface area (Å²) in [6.45, 7) is -0.279. The molecule has 146 valence electrons. The molecule has 1 aliphatic rings. The Morgan fingerprint density at radius 1 is 0.926 bits per heavy atom. The van der Waals surface area contributed by atoms with E-state index in [2.05, 4.69) is 0 Å². The molecular formula is C21H26O6. The van der Waals surface area contributed by atoms with Gasteiger partial charge in [-0.2, -0.15) is 0 Å². The van der Waals surface area contributed by atoms with E-state index in [0.29, 0.717) is 12.2 Å². The van der Waals surface area contributed by atoms with Crippen LogP contribution in [-0.4, -0.2) is 58.6 Å². The minimum atomic E-state index is -1.35. The van der Waals surface area contributed by atoms with Crippen molar-refractivity contribution >= 4 is 0 Å². The summed E-state index contributed by atoms with van der Waals surface area (Å²) in [6.07, 6.45) is -3.56. The number of aliphatic hydroxyl groups excluding tert-OH is 4. The largest absolute Gasteiger partial charge is 0.497 e. The lowest BCUT2D eigenvalue weighted by atomic mass is 9.81. The van der Waals surface area contributed by atoms with Gasteiger partial charge in [0.25, 0.3) is 0 Å². The van der Waals surface area contributed by atoms with E-state index in [-0.39, 0.29) is 13.0 Å². The van der Waals surface area contributed by atoms with E-state index in [1.807, 2.05) is 48.5 Å².